The summed E-state index contributed by atoms with van der Waals surface area (Å²) in [4.78, 5) is 31.0. The SMILES string of the molecule is C=C/C=C(/C)CCC.C=CC.CC(C)C(NCCCNC(=O)OC(C)(C)C)c1nc2cc3ccccc3cc2c(=O)n1Cc1ccccc1. The van der Waals surface area contributed by atoms with E-state index in [2.05, 4.69) is 57.6 Å². The highest BCUT2D eigenvalue weighted by Crippen LogP contribution is 2.25. The molecule has 1 heterocycles. The lowest BCUT2D eigenvalue weighted by atomic mass is 10.0. The number of alkyl carbamates (subject to hydrolysis) is 1. The van der Waals surface area contributed by atoms with Crippen molar-refractivity contribution < 1.29 is 9.53 Å². The Bertz CT molecular complexity index is 1720. The average molecular weight is 667 g/mol. The molecule has 0 aliphatic rings. The van der Waals surface area contributed by atoms with Crippen LogP contribution < -0.4 is 16.2 Å². The zero-order valence-corrected chi connectivity index (χ0v) is 31.0. The Morgan fingerprint density at radius 1 is 1.00 bits per heavy atom. The van der Waals surface area contributed by atoms with Crippen LogP contribution in [0.4, 0.5) is 4.79 Å². The summed E-state index contributed by atoms with van der Waals surface area (Å²) < 4.78 is 7.12. The van der Waals surface area contributed by atoms with E-state index in [1.807, 2.05) is 105 Å². The zero-order valence-electron chi connectivity index (χ0n) is 31.0. The summed E-state index contributed by atoms with van der Waals surface area (Å²) in [7, 11) is 0. The lowest BCUT2D eigenvalue weighted by Crippen LogP contribution is -2.37. The lowest BCUT2D eigenvalue weighted by molar-refractivity contribution is 0.0527. The first-order chi connectivity index (χ1) is 23.3. The second kappa shape index (κ2) is 20.8. The number of fused-ring (bicyclic) bond motifs is 2. The molecule has 0 spiro atoms. The van der Waals surface area contributed by atoms with Crippen LogP contribution in [-0.4, -0.2) is 34.3 Å². The molecular formula is C42H58N4O3. The van der Waals surface area contributed by atoms with E-state index in [1.54, 1.807) is 6.08 Å². The lowest BCUT2D eigenvalue weighted by Gasteiger charge is -2.26. The Morgan fingerprint density at radius 3 is 2.18 bits per heavy atom. The first kappa shape index (κ1) is 40.7. The van der Waals surface area contributed by atoms with Crippen molar-refractivity contribution >= 4 is 27.8 Å². The molecule has 0 saturated heterocycles. The highest BCUT2D eigenvalue weighted by Gasteiger charge is 2.23. The molecule has 1 unspecified atom stereocenters. The first-order valence-corrected chi connectivity index (χ1v) is 17.4. The van der Waals surface area contributed by atoms with Gasteiger partial charge in [0.15, 0.2) is 0 Å². The monoisotopic (exact) mass is 666 g/mol. The van der Waals surface area contributed by atoms with Gasteiger partial charge in [-0.25, -0.2) is 9.78 Å². The Balaban J connectivity index is 0.000000657. The fourth-order valence-corrected chi connectivity index (χ4v) is 5.24. The summed E-state index contributed by atoms with van der Waals surface area (Å²) in [6, 6.07) is 21.8. The fraction of sp³-hybridized carbons (Fsp3) is 0.405. The number of amides is 1. The molecule has 1 amide bonds. The third-order valence-electron chi connectivity index (χ3n) is 7.41. The Morgan fingerprint density at radius 2 is 1.61 bits per heavy atom. The molecule has 49 heavy (non-hydrogen) atoms. The predicted octanol–water partition coefficient (Wildman–Crippen LogP) is 9.91. The van der Waals surface area contributed by atoms with Crippen LogP contribution in [0.3, 0.4) is 0 Å². The van der Waals surface area contributed by atoms with Gasteiger partial charge in [0.05, 0.1) is 23.5 Å². The van der Waals surface area contributed by atoms with Crippen molar-refractivity contribution in [3.05, 3.63) is 125 Å². The maximum Gasteiger partial charge on any atom is 0.407 e. The fourth-order valence-electron chi connectivity index (χ4n) is 5.24. The minimum absolute atomic E-state index is 0.0429. The van der Waals surface area contributed by atoms with Crippen molar-refractivity contribution in [1.82, 2.24) is 20.2 Å². The number of nitrogens with zero attached hydrogens (tertiary/aromatic N) is 2. The summed E-state index contributed by atoms with van der Waals surface area (Å²) in [6.07, 6.45) is 8.37. The topological polar surface area (TPSA) is 85.2 Å². The van der Waals surface area contributed by atoms with Gasteiger partial charge in [0.25, 0.3) is 5.56 Å². The summed E-state index contributed by atoms with van der Waals surface area (Å²) in [5.74, 6) is 0.900. The van der Waals surface area contributed by atoms with Crippen LogP contribution in [0, 0.1) is 5.92 Å². The van der Waals surface area contributed by atoms with Gasteiger partial charge in [-0.3, -0.25) is 9.36 Å². The van der Waals surface area contributed by atoms with Crippen molar-refractivity contribution in [3.8, 4) is 0 Å². The highest BCUT2D eigenvalue weighted by molar-refractivity contribution is 5.96. The number of hydrogen-bond acceptors (Lipinski definition) is 5. The second-order valence-corrected chi connectivity index (χ2v) is 13.4. The standard InChI is InChI=1S/C31H38N4O3.C8H14.C3H6/c1-21(2)27(32-16-11-17-33-30(37)38-31(3,4)5)28-34-26-19-24-15-10-9-14-23(24)18-25(26)29(36)35(28)20-22-12-7-6-8-13-22;1-4-6-8(3)7-5-2;1-3-2/h6-10,12-15,18-19,21,27,32H,11,16-17,20H2,1-5H3,(H,33,37);4,6H,1,5,7H2,2-3H3;3H,1H2,2H3/b;8-6-;. The Labute approximate surface area is 294 Å². The van der Waals surface area contributed by atoms with Crippen molar-refractivity contribution in [2.24, 2.45) is 5.92 Å². The maximum absolute atomic E-state index is 13.9. The van der Waals surface area contributed by atoms with Gasteiger partial charge in [-0.15, -0.1) is 6.58 Å². The number of allylic oxidation sites excluding steroid dienone is 4. The molecule has 0 saturated carbocycles. The Hall–Kier alpha value is -4.49. The van der Waals surface area contributed by atoms with Gasteiger partial charge in [0.1, 0.15) is 11.4 Å². The average Bonchev–Trinajstić information content (AvgIpc) is 3.04. The van der Waals surface area contributed by atoms with E-state index < -0.39 is 11.7 Å². The van der Waals surface area contributed by atoms with Crippen molar-refractivity contribution in [2.75, 3.05) is 13.1 Å². The van der Waals surface area contributed by atoms with Crippen LogP contribution in [0.1, 0.15) is 92.1 Å². The maximum atomic E-state index is 13.9. The number of benzene rings is 3. The summed E-state index contributed by atoms with van der Waals surface area (Å²) in [5.41, 5.74) is 2.59. The van der Waals surface area contributed by atoms with E-state index in [4.69, 9.17) is 9.72 Å². The second-order valence-electron chi connectivity index (χ2n) is 13.4. The minimum Gasteiger partial charge on any atom is -0.444 e. The molecule has 7 nitrogen and oxygen atoms in total. The number of carbonyl (C=O) groups is 1. The zero-order chi connectivity index (χ0) is 36.4. The number of ether oxygens (including phenoxy) is 1. The molecule has 264 valence electrons. The Kier molecular flexibility index (Phi) is 17.3. The number of rotatable bonds is 12. The summed E-state index contributed by atoms with van der Waals surface area (Å²) >= 11 is 0. The molecule has 4 aromatic rings. The molecule has 4 rings (SSSR count). The molecule has 0 radical (unpaired) electrons. The van der Waals surface area contributed by atoms with Crippen LogP contribution in [0.2, 0.25) is 0 Å². The van der Waals surface area contributed by atoms with Gasteiger partial charge in [-0.05, 0) is 88.4 Å². The van der Waals surface area contributed by atoms with E-state index in [0.717, 1.165) is 22.2 Å². The van der Waals surface area contributed by atoms with Gasteiger partial charge in [0, 0.05) is 6.54 Å². The number of nitrogens with one attached hydrogen (secondary N) is 2. The molecule has 7 heteroatoms. The number of hydrogen-bond donors (Lipinski definition) is 2. The molecule has 0 aliphatic carbocycles. The van der Waals surface area contributed by atoms with Crippen LogP contribution in [0.5, 0.6) is 0 Å². The molecule has 1 aromatic heterocycles. The van der Waals surface area contributed by atoms with Crippen molar-refractivity contribution in [1.29, 1.82) is 0 Å². The first-order valence-electron chi connectivity index (χ1n) is 17.4. The number of carbonyl (C=O) groups excluding carboxylic acids is 1. The molecule has 1 atom stereocenters. The van der Waals surface area contributed by atoms with Gasteiger partial charge in [-0.2, -0.15) is 0 Å². The van der Waals surface area contributed by atoms with Gasteiger partial charge >= 0.3 is 6.09 Å². The van der Waals surface area contributed by atoms with Crippen LogP contribution in [0.15, 0.2) is 108 Å². The molecule has 2 N–H and O–H groups in total. The van der Waals surface area contributed by atoms with E-state index in [0.29, 0.717) is 37.0 Å². The van der Waals surface area contributed by atoms with E-state index >= 15 is 0 Å². The highest BCUT2D eigenvalue weighted by atomic mass is 16.6. The van der Waals surface area contributed by atoms with E-state index in [1.165, 1.54) is 18.4 Å². The van der Waals surface area contributed by atoms with Crippen molar-refractivity contribution in [2.45, 2.75) is 92.8 Å². The van der Waals surface area contributed by atoms with E-state index in [-0.39, 0.29) is 17.5 Å². The van der Waals surface area contributed by atoms with Gasteiger partial charge < -0.3 is 15.4 Å². The normalized spacial score (nSPS) is 12.0. The third-order valence-corrected chi connectivity index (χ3v) is 7.41. The molecule has 0 fully saturated rings. The van der Waals surface area contributed by atoms with Crippen LogP contribution in [-0.2, 0) is 11.3 Å². The van der Waals surface area contributed by atoms with Crippen LogP contribution in [0.25, 0.3) is 21.7 Å². The largest absolute Gasteiger partial charge is 0.444 e. The van der Waals surface area contributed by atoms with Gasteiger partial charge in [0.2, 0.25) is 0 Å². The smallest absolute Gasteiger partial charge is 0.407 e. The molecular weight excluding hydrogens is 608 g/mol. The predicted molar refractivity (Wildman–Crippen MR) is 208 cm³/mol. The van der Waals surface area contributed by atoms with Crippen LogP contribution >= 0.6 is 0 Å². The number of aromatic nitrogens is 2. The van der Waals surface area contributed by atoms with E-state index in [9.17, 15) is 9.59 Å². The quantitative estimate of drug-likeness (QED) is 0.0681. The van der Waals surface area contributed by atoms with Gasteiger partial charge in [-0.1, -0.05) is 112 Å². The minimum atomic E-state index is -0.527. The van der Waals surface area contributed by atoms with Crippen molar-refractivity contribution in [3.63, 3.8) is 0 Å². The molecule has 3 aromatic carbocycles. The molecule has 0 aliphatic heterocycles. The summed E-state index contributed by atoms with van der Waals surface area (Å²) in [6.45, 7) is 24.5. The summed E-state index contributed by atoms with van der Waals surface area (Å²) in [5, 5.41) is 9.10. The molecule has 0 bridgehead atoms. The third kappa shape index (κ3) is 13.9.